The summed E-state index contributed by atoms with van der Waals surface area (Å²) in [6.45, 7) is 0. The van der Waals surface area contributed by atoms with Gasteiger partial charge in [-0.05, 0) is 33.7 Å². The zero-order valence-corrected chi connectivity index (χ0v) is 11.6. The van der Waals surface area contributed by atoms with Gasteiger partial charge in [0.05, 0.1) is 0 Å². The van der Waals surface area contributed by atoms with Crippen molar-refractivity contribution in [1.29, 1.82) is 0 Å². The summed E-state index contributed by atoms with van der Waals surface area (Å²) in [6.07, 6.45) is 0. The number of rotatable bonds is 0. The molecule has 0 N–H and O–H groups in total. The number of hydrogen-bond acceptors (Lipinski definition) is 2. The van der Waals surface area contributed by atoms with Crippen molar-refractivity contribution in [3.05, 3.63) is 0 Å². The molecule has 0 saturated heterocycles. The van der Waals surface area contributed by atoms with Gasteiger partial charge >= 0.3 is 5.20 Å². The summed E-state index contributed by atoms with van der Waals surface area (Å²) >= 11 is 19.0. The molecular weight excluding hydrogens is 360 g/mol. The summed E-state index contributed by atoms with van der Waals surface area (Å²) in [6, 6.07) is 0. The first-order valence-corrected chi connectivity index (χ1v) is 6.72. The summed E-state index contributed by atoms with van der Waals surface area (Å²) < 4.78 is 13.4. The van der Waals surface area contributed by atoms with Gasteiger partial charge in [-0.3, -0.25) is 4.57 Å². The highest BCUT2D eigenvalue weighted by atomic mass is 79.9. The normalized spacial score (nSPS) is 8.56. The average Bonchev–Trinajstić information content (AvgIpc) is 1.27. The Morgan fingerprint density at radius 3 is 1.22 bits per heavy atom. The molecule has 0 aliphatic carbocycles. The zero-order valence-electron chi connectivity index (χ0n) is 3.86. The Labute approximate surface area is 88.2 Å². The van der Waals surface area contributed by atoms with Crippen LogP contribution in [0, 0.1) is 0 Å². The Morgan fingerprint density at radius 1 is 1.22 bits per heavy atom. The first-order valence-electron chi connectivity index (χ1n) is 0.998. The van der Waals surface area contributed by atoms with Crippen LogP contribution in [0.5, 0.6) is 0 Å². The maximum absolute atomic E-state index is 9.51. The van der Waals surface area contributed by atoms with E-state index >= 15 is 0 Å². The molecule has 0 bridgehead atoms. The number of halogens is 5. The van der Waals surface area contributed by atoms with Crippen LogP contribution in [0.25, 0.3) is 0 Å². The summed E-state index contributed by atoms with van der Waals surface area (Å²) in [5.41, 5.74) is 0. The molecule has 0 fully saturated rings. The Bertz CT molecular complexity index is 73.6. The summed E-state index contributed by atoms with van der Waals surface area (Å²) in [4.78, 5) is 0. The Kier molecular flexibility index (Phi) is 20.3. The minimum Gasteiger partial charge on any atom is -0.271 e. The fraction of sp³-hybridized carbons (Fsp3) is 0. The van der Waals surface area contributed by atoms with Crippen LogP contribution in [0.2, 0.25) is 0 Å². The Morgan fingerprint density at radius 2 is 1.22 bits per heavy atom. The predicted molar refractivity (Wildman–Crippen MR) is 55.2 cm³/mol. The van der Waals surface area contributed by atoms with Crippen molar-refractivity contribution >= 4 is 81.3 Å². The van der Waals surface area contributed by atoms with Crippen LogP contribution in [0.4, 0.5) is 0 Å². The summed E-state index contributed by atoms with van der Waals surface area (Å²) in [5, 5.41) is -3.22. The molecule has 60 valence electrons. The van der Waals surface area contributed by atoms with Crippen LogP contribution in [-0.2, 0) is 7.48 Å². The van der Waals surface area contributed by atoms with Gasteiger partial charge in [-0.1, -0.05) is 0 Å². The molecule has 9 heavy (non-hydrogen) atoms. The van der Waals surface area contributed by atoms with Crippen LogP contribution in [0.15, 0.2) is 0 Å². The third-order valence-electron chi connectivity index (χ3n) is 0. The molecule has 1 unspecified atom stereocenters. The predicted octanol–water partition coefficient (Wildman–Crippen LogP) is 4.49. The molecule has 0 aromatic carbocycles. The minimum atomic E-state index is -3.22. The SMILES string of the molecule is BrOBr.O=P(Cl)(Cl)Cl.P. The Hall–Kier alpha value is 2.45. The Balaban J connectivity index is -0.0000000800. The van der Waals surface area contributed by atoms with Crippen molar-refractivity contribution in [2.24, 2.45) is 0 Å². The van der Waals surface area contributed by atoms with Gasteiger partial charge in [0.2, 0.25) is 0 Å². The fourth-order valence-electron chi connectivity index (χ4n) is 0. The highest BCUT2D eigenvalue weighted by Gasteiger charge is 2.02. The molecule has 2 nitrogen and oxygen atoms in total. The molecule has 0 spiro atoms. The van der Waals surface area contributed by atoms with Crippen molar-refractivity contribution < 1.29 is 7.48 Å². The lowest BCUT2D eigenvalue weighted by atomic mass is 16.0. The second-order valence-corrected chi connectivity index (χ2v) is 8.61. The van der Waals surface area contributed by atoms with Gasteiger partial charge in [-0.15, -0.1) is 0 Å². The second kappa shape index (κ2) is 10.4. The van der Waals surface area contributed by atoms with E-state index in [9.17, 15) is 4.57 Å². The topological polar surface area (TPSA) is 26.3 Å². The zero-order chi connectivity index (χ0) is 7.21. The van der Waals surface area contributed by atoms with E-state index in [0.717, 1.165) is 0 Å². The first kappa shape index (κ1) is 17.5. The standard InChI is InChI=1S/Br2O.Cl3OP.H3P/c1-3-2;1-5(2,3)4;/h;;1H3. The highest BCUT2D eigenvalue weighted by molar-refractivity contribution is 9.18. The summed E-state index contributed by atoms with van der Waals surface area (Å²) in [7, 11) is 0. The smallest absolute Gasteiger partial charge is 0.271 e. The molecule has 0 heterocycles. The second-order valence-electron chi connectivity index (χ2n) is 0.457. The van der Waals surface area contributed by atoms with E-state index in [0.29, 0.717) is 0 Å². The molecule has 0 aromatic rings. The van der Waals surface area contributed by atoms with Crippen LogP contribution >= 0.6 is 81.3 Å². The molecule has 0 saturated carbocycles. The van der Waals surface area contributed by atoms with Gasteiger partial charge in [0, 0.05) is 0 Å². The minimum absolute atomic E-state index is 0. The molecule has 9 heteroatoms. The maximum atomic E-state index is 9.51. The van der Waals surface area contributed by atoms with Crippen molar-refractivity contribution in [3.63, 3.8) is 0 Å². The van der Waals surface area contributed by atoms with Gasteiger partial charge in [0.25, 0.3) is 0 Å². The van der Waals surface area contributed by atoms with E-state index in [-0.39, 0.29) is 9.90 Å². The van der Waals surface area contributed by atoms with Crippen molar-refractivity contribution in [3.8, 4) is 0 Å². The molecule has 0 aliphatic heterocycles. The van der Waals surface area contributed by atoms with Gasteiger partial charge in [-0.2, -0.15) is 9.90 Å². The largest absolute Gasteiger partial charge is 0.339 e. The molecule has 1 atom stereocenters. The molecule has 0 aliphatic rings. The third-order valence-corrected chi connectivity index (χ3v) is 0. The maximum Gasteiger partial charge on any atom is 0.339 e. The molecular formula is H3Br2Cl3O2P2. The van der Waals surface area contributed by atoms with E-state index in [1.807, 2.05) is 0 Å². The lowest BCUT2D eigenvalue weighted by Crippen LogP contribution is -1.19. The molecule has 0 radical (unpaired) electrons. The fourth-order valence-corrected chi connectivity index (χ4v) is 0. The lowest BCUT2D eigenvalue weighted by molar-refractivity contribution is 0.600. The van der Waals surface area contributed by atoms with E-state index < -0.39 is 5.20 Å². The first-order chi connectivity index (χ1) is 3.41. The molecule has 0 aromatic heterocycles. The van der Waals surface area contributed by atoms with Crippen LogP contribution in [-0.4, -0.2) is 0 Å². The van der Waals surface area contributed by atoms with Crippen molar-refractivity contribution in [2.75, 3.05) is 0 Å². The third kappa shape index (κ3) is 124. The summed E-state index contributed by atoms with van der Waals surface area (Å²) in [5.74, 6) is 0. The average molecular weight is 363 g/mol. The van der Waals surface area contributed by atoms with Crippen LogP contribution < -0.4 is 0 Å². The van der Waals surface area contributed by atoms with Gasteiger partial charge in [0.15, 0.2) is 0 Å². The van der Waals surface area contributed by atoms with Crippen molar-refractivity contribution in [2.45, 2.75) is 0 Å². The van der Waals surface area contributed by atoms with Gasteiger partial charge < -0.3 is 0 Å². The van der Waals surface area contributed by atoms with Gasteiger partial charge in [0.1, 0.15) is 32.5 Å². The van der Waals surface area contributed by atoms with Crippen LogP contribution in [0.3, 0.4) is 0 Å². The van der Waals surface area contributed by atoms with Crippen molar-refractivity contribution in [1.82, 2.24) is 0 Å². The quantitative estimate of drug-likeness (QED) is 0.593. The monoisotopic (exact) mass is 360 g/mol. The van der Waals surface area contributed by atoms with Crippen LogP contribution in [0.1, 0.15) is 0 Å². The van der Waals surface area contributed by atoms with E-state index in [1.54, 1.807) is 0 Å². The van der Waals surface area contributed by atoms with Gasteiger partial charge in [-0.25, -0.2) is 2.92 Å². The highest BCUT2D eigenvalue weighted by Crippen LogP contribution is 2.61. The lowest BCUT2D eigenvalue weighted by Gasteiger charge is -1.74. The number of hydrogen-bond donors (Lipinski definition) is 0. The van der Waals surface area contributed by atoms with E-state index in [1.165, 1.54) is 0 Å². The van der Waals surface area contributed by atoms with E-state index in [2.05, 4.69) is 69.2 Å². The van der Waals surface area contributed by atoms with E-state index in [4.69, 9.17) is 0 Å². The molecule has 0 amide bonds. The molecule has 0 rings (SSSR count).